The van der Waals surface area contributed by atoms with Crippen molar-refractivity contribution in [3.8, 4) is 23.7 Å². The van der Waals surface area contributed by atoms with Gasteiger partial charge in [-0.05, 0) is 109 Å². The van der Waals surface area contributed by atoms with E-state index in [-0.39, 0.29) is 16.7 Å². The largest absolute Gasteiger partial charge is 0.478 e. The van der Waals surface area contributed by atoms with Crippen LogP contribution < -0.4 is 0 Å². The van der Waals surface area contributed by atoms with Gasteiger partial charge in [0.25, 0.3) is 0 Å². The first-order chi connectivity index (χ1) is 15.5. The standard InChI is InChI=1S/C28H24O4/c29-27(30)22-9-10-25(28(31)32)21(16-22)4-2-1-3-17-5-7-20(8-6-17)26-23-12-18-11-19(14-23)15-24(26)13-18/h5-10,16,18-19,23-24,26H,11-15H2,(H,29,30)(H,31,32). The molecular weight excluding hydrogens is 400 g/mol. The lowest BCUT2D eigenvalue weighted by Gasteiger charge is -2.54. The third-order valence-corrected chi connectivity index (χ3v) is 7.49. The third-order valence-electron chi connectivity index (χ3n) is 7.49. The van der Waals surface area contributed by atoms with Crippen LogP contribution in [0.25, 0.3) is 0 Å². The summed E-state index contributed by atoms with van der Waals surface area (Å²) >= 11 is 0. The van der Waals surface area contributed by atoms with E-state index in [1.54, 1.807) is 0 Å². The second-order valence-electron chi connectivity index (χ2n) is 9.45. The van der Waals surface area contributed by atoms with Crippen molar-refractivity contribution in [2.24, 2.45) is 23.7 Å². The van der Waals surface area contributed by atoms with Crippen LogP contribution in [0.5, 0.6) is 0 Å². The van der Waals surface area contributed by atoms with Crippen molar-refractivity contribution < 1.29 is 19.8 Å². The van der Waals surface area contributed by atoms with E-state index in [4.69, 9.17) is 5.11 Å². The molecule has 160 valence electrons. The van der Waals surface area contributed by atoms with Crippen LogP contribution in [-0.2, 0) is 0 Å². The number of benzene rings is 2. The number of carboxylic acid groups (broad SMARTS) is 2. The Bertz CT molecular complexity index is 1170. The molecule has 4 aliphatic carbocycles. The molecule has 2 aromatic carbocycles. The second-order valence-corrected chi connectivity index (χ2v) is 9.45. The number of hydrogen-bond donors (Lipinski definition) is 2. The molecule has 0 unspecified atom stereocenters. The molecule has 4 bridgehead atoms. The van der Waals surface area contributed by atoms with Crippen molar-refractivity contribution in [2.45, 2.75) is 38.0 Å². The molecule has 4 saturated carbocycles. The smallest absolute Gasteiger partial charge is 0.336 e. The number of carboxylic acids is 2. The van der Waals surface area contributed by atoms with E-state index in [2.05, 4.69) is 35.8 Å². The quantitative estimate of drug-likeness (QED) is 0.678. The fourth-order valence-electron chi connectivity index (χ4n) is 6.43. The number of hydrogen-bond acceptors (Lipinski definition) is 2. The van der Waals surface area contributed by atoms with Gasteiger partial charge in [0.05, 0.1) is 11.1 Å². The Morgan fingerprint density at radius 2 is 1.38 bits per heavy atom. The lowest BCUT2D eigenvalue weighted by Crippen LogP contribution is -2.43. The van der Waals surface area contributed by atoms with Crippen LogP contribution in [0.2, 0.25) is 0 Å². The molecule has 32 heavy (non-hydrogen) atoms. The molecule has 4 aliphatic rings. The zero-order chi connectivity index (χ0) is 22.2. The van der Waals surface area contributed by atoms with Crippen LogP contribution in [0, 0.1) is 47.4 Å². The number of carbonyl (C=O) groups is 2. The molecule has 2 N–H and O–H groups in total. The number of aromatic carboxylic acids is 2. The highest BCUT2D eigenvalue weighted by molar-refractivity contribution is 5.94. The van der Waals surface area contributed by atoms with E-state index in [9.17, 15) is 14.7 Å². The first-order valence-corrected chi connectivity index (χ1v) is 11.2. The normalized spacial score (nSPS) is 27.1. The van der Waals surface area contributed by atoms with Gasteiger partial charge in [-0.15, -0.1) is 0 Å². The molecule has 0 amide bonds. The fourth-order valence-corrected chi connectivity index (χ4v) is 6.43. The van der Waals surface area contributed by atoms with E-state index in [1.165, 1.54) is 55.9 Å². The minimum Gasteiger partial charge on any atom is -0.478 e. The van der Waals surface area contributed by atoms with Crippen LogP contribution in [0.1, 0.15) is 75.4 Å². The Morgan fingerprint density at radius 1 is 0.750 bits per heavy atom. The van der Waals surface area contributed by atoms with E-state index in [1.807, 2.05) is 12.1 Å². The van der Waals surface area contributed by atoms with E-state index < -0.39 is 11.9 Å². The maximum atomic E-state index is 11.4. The van der Waals surface area contributed by atoms with Crippen molar-refractivity contribution in [1.82, 2.24) is 0 Å². The predicted molar refractivity (Wildman–Crippen MR) is 120 cm³/mol. The third kappa shape index (κ3) is 3.90. The van der Waals surface area contributed by atoms with Gasteiger partial charge in [0.2, 0.25) is 0 Å². The van der Waals surface area contributed by atoms with Gasteiger partial charge in [-0.25, -0.2) is 9.59 Å². The highest BCUT2D eigenvalue weighted by Crippen LogP contribution is 2.59. The maximum Gasteiger partial charge on any atom is 0.336 e. The Kier molecular flexibility index (Phi) is 5.24. The molecule has 0 spiro atoms. The summed E-state index contributed by atoms with van der Waals surface area (Å²) in [5, 5.41) is 18.4. The maximum absolute atomic E-state index is 11.4. The summed E-state index contributed by atoms with van der Waals surface area (Å²) in [6.45, 7) is 0. The first-order valence-electron chi connectivity index (χ1n) is 11.2. The van der Waals surface area contributed by atoms with Crippen LogP contribution in [0.3, 0.4) is 0 Å². The highest BCUT2D eigenvalue weighted by Gasteiger charge is 2.48. The van der Waals surface area contributed by atoms with Crippen molar-refractivity contribution in [2.75, 3.05) is 0 Å². The van der Waals surface area contributed by atoms with Crippen molar-refractivity contribution in [3.63, 3.8) is 0 Å². The molecule has 0 heterocycles. The molecule has 4 fully saturated rings. The van der Waals surface area contributed by atoms with Crippen LogP contribution in [0.4, 0.5) is 0 Å². The van der Waals surface area contributed by atoms with Crippen molar-refractivity contribution in [3.05, 3.63) is 70.3 Å². The van der Waals surface area contributed by atoms with Gasteiger partial charge in [-0.2, -0.15) is 0 Å². The minimum absolute atomic E-state index is 0.00682. The molecule has 0 radical (unpaired) electrons. The molecule has 0 aromatic heterocycles. The van der Waals surface area contributed by atoms with Crippen LogP contribution in [-0.4, -0.2) is 22.2 Å². The summed E-state index contributed by atoms with van der Waals surface area (Å²) in [7, 11) is 0. The Labute approximate surface area is 187 Å². The molecule has 2 aromatic rings. The number of rotatable bonds is 3. The zero-order valence-electron chi connectivity index (χ0n) is 17.7. The second kappa shape index (κ2) is 8.21. The summed E-state index contributed by atoms with van der Waals surface area (Å²) in [4.78, 5) is 22.5. The lowest BCUT2D eigenvalue weighted by molar-refractivity contribution is -0.00278. The Balaban J connectivity index is 1.32. The molecule has 4 nitrogen and oxygen atoms in total. The lowest BCUT2D eigenvalue weighted by atomic mass is 9.51. The van der Waals surface area contributed by atoms with Crippen LogP contribution >= 0.6 is 0 Å². The summed E-state index contributed by atoms with van der Waals surface area (Å²) in [6, 6.07) is 12.3. The highest BCUT2D eigenvalue weighted by atomic mass is 16.4. The molecule has 4 heteroatoms. The monoisotopic (exact) mass is 424 g/mol. The van der Waals surface area contributed by atoms with Gasteiger partial charge in [0.1, 0.15) is 0 Å². The van der Waals surface area contributed by atoms with Crippen molar-refractivity contribution in [1.29, 1.82) is 0 Å². The molecule has 6 rings (SSSR count). The van der Waals surface area contributed by atoms with E-state index in [0.29, 0.717) is 5.92 Å². The van der Waals surface area contributed by atoms with Gasteiger partial charge < -0.3 is 10.2 Å². The summed E-state index contributed by atoms with van der Waals surface area (Å²) in [6.07, 6.45) is 7.06. The molecule has 0 aliphatic heterocycles. The van der Waals surface area contributed by atoms with E-state index >= 15 is 0 Å². The summed E-state index contributed by atoms with van der Waals surface area (Å²) < 4.78 is 0. The summed E-state index contributed by atoms with van der Waals surface area (Å²) in [5.74, 6) is 13.2. The van der Waals surface area contributed by atoms with Gasteiger partial charge in [0.15, 0.2) is 0 Å². The average Bonchev–Trinajstić information content (AvgIpc) is 2.76. The average molecular weight is 424 g/mol. The van der Waals surface area contributed by atoms with Gasteiger partial charge >= 0.3 is 11.9 Å². The molecule has 0 atom stereocenters. The van der Waals surface area contributed by atoms with E-state index in [0.717, 1.165) is 29.2 Å². The molecular formula is C28H24O4. The first kappa shape index (κ1) is 20.4. The molecule has 0 saturated heterocycles. The van der Waals surface area contributed by atoms with Crippen LogP contribution in [0.15, 0.2) is 42.5 Å². The van der Waals surface area contributed by atoms with Gasteiger partial charge in [-0.3, -0.25) is 0 Å². The Hall–Kier alpha value is -3.50. The Morgan fingerprint density at radius 3 is 1.97 bits per heavy atom. The van der Waals surface area contributed by atoms with Crippen molar-refractivity contribution >= 4 is 11.9 Å². The van der Waals surface area contributed by atoms with Gasteiger partial charge in [-0.1, -0.05) is 24.0 Å². The predicted octanol–water partition coefficient (Wildman–Crippen LogP) is 5.03. The zero-order valence-corrected chi connectivity index (χ0v) is 17.7. The summed E-state index contributed by atoms with van der Waals surface area (Å²) in [5.41, 5.74) is 2.40. The van der Waals surface area contributed by atoms with Gasteiger partial charge in [0, 0.05) is 11.1 Å². The topological polar surface area (TPSA) is 74.6 Å². The SMILES string of the molecule is O=C(O)c1ccc(C(=O)O)c(C#CC#Cc2ccc(C3C4CC5CC(C4)CC3C5)cc2)c1. The fraction of sp³-hybridized carbons (Fsp3) is 0.357. The minimum atomic E-state index is -1.15.